The van der Waals surface area contributed by atoms with E-state index in [-0.39, 0.29) is 17.9 Å². The summed E-state index contributed by atoms with van der Waals surface area (Å²) < 4.78 is 32.4. The third kappa shape index (κ3) is 5.12. The number of hydrogen-bond donors (Lipinski definition) is 0. The number of hydrogen-bond acceptors (Lipinski definition) is 3. The molecule has 2 aromatic carbocycles. The quantitative estimate of drug-likeness (QED) is 0.706. The Hall–Kier alpha value is -2.47. The zero-order chi connectivity index (χ0) is 21.0. The molecule has 2 aromatic rings. The van der Waals surface area contributed by atoms with E-state index in [1.807, 2.05) is 43.0 Å². The highest BCUT2D eigenvalue weighted by Gasteiger charge is 2.30. The van der Waals surface area contributed by atoms with Crippen molar-refractivity contribution >= 4 is 11.6 Å². The van der Waals surface area contributed by atoms with Gasteiger partial charge in [-0.1, -0.05) is 26.0 Å². The molecule has 4 nitrogen and oxygen atoms in total. The van der Waals surface area contributed by atoms with Crippen LogP contribution in [0.1, 0.15) is 32.3 Å². The van der Waals surface area contributed by atoms with E-state index in [2.05, 4.69) is 4.90 Å². The molecule has 1 saturated heterocycles. The Bertz CT molecular complexity index is 849. The largest absolute Gasteiger partial charge is 0.497 e. The van der Waals surface area contributed by atoms with Crippen LogP contribution in [0.3, 0.4) is 0 Å². The highest BCUT2D eigenvalue weighted by Crippen LogP contribution is 2.29. The highest BCUT2D eigenvalue weighted by atomic mass is 19.1. The van der Waals surface area contributed by atoms with E-state index in [0.29, 0.717) is 17.9 Å². The van der Waals surface area contributed by atoms with Gasteiger partial charge in [0.2, 0.25) is 5.91 Å². The minimum Gasteiger partial charge on any atom is -0.497 e. The van der Waals surface area contributed by atoms with Crippen LogP contribution in [0.5, 0.6) is 5.75 Å². The van der Waals surface area contributed by atoms with E-state index < -0.39 is 11.6 Å². The lowest BCUT2D eigenvalue weighted by Gasteiger charge is -2.39. The van der Waals surface area contributed by atoms with Crippen molar-refractivity contribution in [2.45, 2.75) is 39.3 Å². The van der Waals surface area contributed by atoms with Crippen LogP contribution in [0, 0.1) is 17.6 Å². The molecule has 29 heavy (non-hydrogen) atoms. The number of benzene rings is 2. The van der Waals surface area contributed by atoms with Crippen LogP contribution in [-0.2, 0) is 11.3 Å². The van der Waals surface area contributed by atoms with Gasteiger partial charge in [-0.15, -0.1) is 0 Å². The third-order valence-corrected chi connectivity index (χ3v) is 5.39. The van der Waals surface area contributed by atoms with Gasteiger partial charge in [0, 0.05) is 55.0 Å². The van der Waals surface area contributed by atoms with Gasteiger partial charge in [0.05, 0.1) is 7.11 Å². The van der Waals surface area contributed by atoms with Crippen molar-refractivity contribution in [3.05, 3.63) is 59.7 Å². The second kappa shape index (κ2) is 9.35. The first-order chi connectivity index (χ1) is 13.9. The molecule has 1 aliphatic heterocycles. The van der Waals surface area contributed by atoms with Crippen molar-refractivity contribution in [2.24, 2.45) is 5.92 Å². The topological polar surface area (TPSA) is 32.8 Å². The van der Waals surface area contributed by atoms with Crippen LogP contribution in [-0.4, -0.2) is 37.0 Å². The van der Waals surface area contributed by atoms with Gasteiger partial charge < -0.3 is 9.64 Å². The lowest BCUT2D eigenvalue weighted by molar-refractivity contribution is -0.122. The molecule has 0 N–H and O–H groups in total. The molecule has 0 bridgehead atoms. The first-order valence-electron chi connectivity index (χ1n) is 10.0. The van der Waals surface area contributed by atoms with Crippen molar-refractivity contribution in [3.8, 4) is 5.75 Å². The number of methoxy groups -OCH3 is 1. The van der Waals surface area contributed by atoms with Gasteiger partial charge in [-0.25, -0.2) is 8.78 Å². The third-order valence-electron chi connectivity index (χ3n) is 5.39. The Balaban J connectivity index is 1.72. The maximum Gasteiger partial charge on any atom is 0.229 e. The van der Waals surface area contributed by atoms with Gasteiger partial charge in [0.25, 0.3) is 0 Å². The maximum atomic E-state index is 14.0. The number of piperidine rings is 1. The molecular formula is C23H28F2N2O2. The predicted octanol–water partition coefficient (Wildman–Crippen LogP) is 4.63. The average molecular weight is 402 g/mol. The van der Waals surface area contributed by atoms with Crippen molar-refractivity contribution in [3.63, 3.8) is 0 Å². The van der Waals surface area contributed by atoms with E-state index in [1.165, 1.54) is 12.1 Å². The van der Waals surface area contributed by atoms with Crippen molar-refractivity contribution < 1.29 is 18.3 Å². The van der Waals surface area contributed by atoms with Gasteiger partial charge in [-0.2, -0.15) is 0 Å². The Labute approximate surface area is 171 Å². The number of halogens is 2. The standard InChI is InChI=1S/C23H28F2N2O2/c1-16(2)23(28)27(20-5-4-6-21(14-20)29-3)19-9-11-26(12-10-19)15-17-7-8-18(24)13-22(17)25/h4-8,13-14,16,19H,9-12,15H2,1-3H3. The first kappa shape index (κ1) is 21.2. The van der Waals surface area contributed by atoms with Crippen LogP contribution in [0.15, 0.2) is 42.5 Å². The molecule has 0 radical (unpaired) electrons. The van der Waals surface area contributed by atoms with E-state index in [0.717, 1.165) is 37.7 Å². The van der Waals surface area contributed by atoms with Crippen LogP contribution in [0.25, 0.3) is 0 Å². The van der Waals surface area contributed by atoms with Crippen LogP contribution >= 0.6 is 0 Å². The van der Waals surface area contributed by atoms with Crippen LogP contribution in [0.2, 0.25) is 0 Å². The first-order valence-corrected chi connectivity index (χ1v) is 10.0. The molecule has 0 atom stereocenters. The van der Waals surface area contributed by atoms with Crippen LogP contribution < -0.4 is 9.64 Å². The van der Waals surface area contributed by atoms with Gasteiger partial charge in [0.1, 0.15) is 17.4 Å². The molecule has 1 fully saturated rings. The number of amides is 1. The molecule has 0 aliphatic carbocycles. The monoisotopic (exact) mass is 402 g/mol. The molecule has 3 rings (SSSR count). The zero-order valence-corrected chi connectivity index (χ0v) is 17.2. The number of ether oxygens (including phenoxy) is 1. The fourth-order valence-electron chi connectivity index (χ4n) is 3.78. The van der Waals surface area contributed by atoms with Crippen molar-refractivity contribution in [1.82, 2.24) is 4.90 Å². The zero-order valence-electron chi connectivity index (χ0n) is 17.2. The van der Waals surface area contributed by atoms with Crippen molar-refractivity contribution in [1.29, 1.82) is 0 Å². The fourth-order valence-corrected chi connectivity index (χ4v) is 3.78. The molecular weight excluding hydrogens is 374 g/mol. The number of likely N-dealkylation sites (tertiary alicyclic amines) is 1. The summed E-state index contributed by atoms with van der Waals surface area (Å²) in [5.74, 6) is -0.395. The normalized spacial score (nSPS) is 15.5. The molecule has 156 valence electrons. The molecule has 0 unspecified atom stereocenters. The smallest absolute Gasteiger partial charge is 0.229 e. The molecule has 1 heterocycles. The second-order valence-corrected chi connectivity index (χ2v) is 7.81. The number of carbonyl (C=O) groups excluding carboxylic acids is 1. The van der Waals surface area contributed by atoms with E-state index in [9.17, 15) is 13.6 Å². The predicted molar refractivity (Wildman–Crippen MR) is 110 cm³/mol. The Morgan fingerprint density at radius 3 is 2.52 bits per heavy atom. The van der Waals surface area contributed by atoms with Gasteiger partial charge in [0.15, 0.2) is 0 Å². The Morgan fingerprint density at radius 1 is 1.17 bits per heavy atom. The molecule has 1 amide bonds. The minimum absolute atomic E-state index is 0.0753. The minimum atomic E-state index is -0.564. The second-order valence-electron chi connectivity index (χ2n) is 7.81. The molecule has 6 heteroatoms. The van der Waals surface area contributed by atoms with Gasteiger partial charge in [-0.05, 0) is 31.0 Å². The molecule has 1 aliphatic rings. The lowest BCUT2D eigenvalue weighted by Crippen LogP contribution is -2.48. The number of carbonyl (C=O) groups is 1. The Kier molecular flexibility index (Phi) is 6.85. The summed E-state index contributed by atoms with van der Waals surface area (Å²) in [5, 5.41) is 0. The lowest BCUT2D eigenvalue weighted by atomic mass is 9.99. The SMILES string of the molecule is COc1cccc(N(C(=O)C(C)C)C2CCN(Cc3ccc(F)cc3F)CC2)c1. The molecule has 0 aromatic heterocycles. The van der Waals surface area contributed by atoms with E-state index in [4.69, 9.17) is 4.74 Å². The fraction of sp³-hybridized carbons (Fsp3) is 0.435. The summed E-state index contributed by atoms with van der Waals surface area (Å²) in [6, 6.07) is 11.4. The highest BCUT2D eigenvalue weighted by molar-refractivity contribution is 5.95. The summed E-state index contributed by atoms with van der Waals surface area (Å²) in [6.45, 7) is 5.74. The van der Waals surface area contributed by atoms with Crippen LogP contribution in [0.4, 0.5) is 14.5 Å². The van der Waals surface area contributed by atoms with Gasteiger partial charge in [-0.3, -0.25) is 9.69 Å². The number of rotatable bonds is 6. The summed E-state index contributed by atoms with van der Waals surface area (Å²) in [4.78, 5) is 17.0. The summed E-state index contributed by atoms with van der Waals surface area (Å²) in [5.41, 5.74) is 1.33. The van der Waals surface area contributed by atoms with Crippen molar-refractivity contribution in [2.75, 3.05) is 25.1 Å². The average Bonchev–Trinajstić information content (AvgIpc) is 2.71. The summed E-state index contributed by atoms with van der Waals surface area (Å²) in [6.07, 6.45) is 1.58. The number of anilines is 1. The number of nitrogens with zero attached hydrogens (tertiary/aromatic N) is 2. The summed E-state index contributed by atoms with van der Waals surface area (Å²) in [7, 11) is 1.61. The molecule has 0 spiro atoms. The maximum absolute atomic E-state index is 14.0. The van der Waals surface area contributed by atoms with E-state index >= 15 is 0 Å². The van der Waals surface area contributed by atoms with E-state index in [1.54, 1.807) is 7.11 Å². The Morgan fingerprint density at radius 2 is 1.90 bits per heavy atom. The molecule has 0 saturated carbocycles. The van der Waals surface area contributed by atoms with Gasteiger partial charge >= 0.3 is 0 Å². The summed E-state index contributed by atoms with van der Waals surface area (Å²) >= 11 is 0.